The summed E-state index contributed by atoms with van der Waals surface area (Å²) in [6.07, 6.45) is 5.15. The van der Waals surface area contributed by atoms with E-state index in [2.05, 4.69) is 0 Å². The normalized spacial score (nSPS) is 28.4. The van der Waals surface area contributed by atoms with E-state index in [0.717, 1.165) is 0 Å². The Kier molecular flexibility index (Phi) is 3.06. The maximum atomic E-state index is 10.9. The molecule has 12 heavy (non-hydrogen) atoms. The van der Waals surface area contributed by atoms with Crippen molar-refractivity contribution in [1.29, 1.82) is 0 Å². The number of hydrogen-bond acceptors (Lipinski definition) is 2. The molecule has 0 N–H and O–H groups in total. The van der Waals surface area contributed by atoms with Crippen LogP contribution in [-0.4, -0.2) is 24.4 Å². The Balaban J connectivity index is 2.75. The Morgan fingerprint density at radius 2 is 2.33 bits per heavy atom. The second kappa shape index (κ2) is 3.87. The number of ether oxygens (including phenoxy) is 1. The van der Waals surface area contributed by atoms with Crippen molar-refractivity contribution in [2.24, 2.45) is 0 Å². The van der Waals surface area contributed by atoms with E-state index >= 15 is 0 Å². The summed E-state index contributed by atoms with van der Waals surface area (Å²) >= 11 is 5.92. The van der Waals surface area contributed by atoms with Crippen LogP contribution in [0, 0.1) is 0 Å². The van der Waals surface area contributed by atoms with Gasteiger partial charge in [0.05, 0.1) is 11.5 Å². The Hall–Kier alpha value is -0.600. The summed E-state index contributed by atoms with van der Waals surface area (Å²) in [5, 5.41) is -0.237. The molecular formula is C9H11ClO2. The fourth-order valence-electron chi connectivity index (χ4n) is 1.07. The van der Waals surface area contributed by atoms with E-state index in [1.54, 1.807) is 25.3 Å². The predicted octanol–water partition coefficient (Wildman–Crippen LogP) is 1.69. The molecule has 0 radical (unpaired) electrons. The van der Waals surface area contributed by atoms with Crippen molar-refractivity contribution < 1.29 is 9.53 Å². The Morgan fingerprint density at radius 3 is 2.75 bits per heavy atom. The number of methoxy groups -OCH3 is 1. The number of hydrogen-bond donors (Lipinski definition) is 0. The van der Waals surface area contributed by atoms with Crippen molar-refractivity contribution in [2.75, 3.05) is 7.11 Å². The van der Waals surface area contributed by atoms with E-state index in [1.807, 2.05) is 0 Å². The molecule has 0 amide bonds. The molecule has 3 heteroatoms. The summed E-state index contributed by atoms with van der Waals surface area (Å²) in [5.74, 6) is 0.0338. The minimum Gasteiger partial charge on any atom is -0.375 e. The van der Waals surface area contributed by atoms with Crippen molar-refractivity contribution in [1.82, 2.24) is 0 Å². The second-order valence-corrected chi connectivity index (χ2v) is 3.19. The van der Waals surface area contributed by atoms with Gasteiger partial charge in [0.15, 0.2) is 5.78 Å². The Bertz CT molecular complexity index is 243. The van der Waals surface area contributed by atoms with Gasteiger partial charge in [0, 0.05) is 12.7 Å². The van der Waals surface area contributed by atoms with Crippen LogP contribution in [0.4, 0.5) is 0 Å². The summed E-state index contributed by atoms with van der Waals surface area (Å²) in [4.78, 5) is 10.9. The van der Waals surface area contributed by atoms with Crippen LogP contribution in [0.1, 0.15) is 6.92 Å². The third-order valence-corrected chi connectivity index (χ3v) is 2.17. The number of rotatable bonds is 2. The van der Waals surface area contributed by atoms with Crippen molar-refractivity contribution in [3.05, 3.63) is 23.8 Å². The third-order valence-electron chi connectivity index (χ3n) is 1.80. The number of halogens is 1. The van der Waals surface area contributed by atoms with Gasteiger partial charge in [-0.3, -0.25) is 4.79 Å². The standard InChI is InChI=1S/C9H11ClO2/c1-6(11)7-3-4-9(12-2)8(10)5-7/h3-5,8-9H,1-2H3. The zero-order valence-electron chi connectivity index (χ0n) is 7.08. The first-order valence-electron chi connectivity index (χ1n) is 3.73. The van der Waals surface area contributed by atoms with Gasteiger partial charge >= 0.3 is 0 Å². The smallest absolute Gasteiger partial charge is 0.159 e. The summed E-state index contributed by atoms with van der Waals surface area (Å²) in [6, 6.07) is 0. The summed E-state index contributed by atoms with van der Waals surface area (Å²) < 4.78 is 5.06. The maximum Gasteiger partial charge on any atom is 0.159 e. The van der Waals surface area contributed by atoms with Crippen LogP contribution in [0.15, 0.2) is 23.8 Å². The predicted molar refractivity (Wildman–Crippen MR) is 48.3 cm³/mol. The van der Waals surface area contributed by atoms with Crippen molar-refractivity contribution in [2.45, 2.75) is 18.4 Å². The van der Waals surface area contributed by atoms with E-state index in [-0.39, 0.29) is 17.3 Å². The van der Waals surface area contributed by atoms with Crippen LogP contribution in [-0.2, 0) is 9.53 Å². The zero-order chi connectivity index (χ0) is 9.14. The van der Waals surface area contributed by atoms with E-state index < -0.39 is 0 Å². The van der Waals surface area contributed by atoms with Crippen molar-refractivity contribution in [3.63, 3.8) is 0 Å². The molecule has 0 aromatic carbocycles. The lowest BCUT2D eigenvalue weighted by Crippen LogP contribution is -2.22. The molecule has 1 aliphatic rings. The maximum absolute atomic E-state index is 10.9. The first kappa shape index (κ1) is 9.49. The number of Topliss-reactive ketones (excluding diaryl/α,β-unsaturated/α-hetero) is 1. The molecular weight excluding hydrogens is 176 g/mol. The van der Waals surface area contributed by atoms with Crippen LogP contribution >= 0.6 is 11.6 Å². The Morgan fingerprint density at radius 1 is 1.67 bits per heavy atom. The number of allylic oxidation sites excluding steroid dienone is 2. The topological polar surface area (TPSA) is 26.3 Å². The van der Waals surface area contributed by atoms with E-state index in [1.165, 1.54) is 6.92 Å². The highest BCUT2D eigenvalue weighted by atomic mass is 35.5. The number of ketones is 1. The van der Waals surface area contributed by atoms with Crippen LogP contribution in [0.3, 0.4) is 0 Å². The first-order chi connectivity index (χ1) is 5.65. The zero-order valence-corrected chi connectivity index (χ0v) is 7.84. The molecule has 0 aromatic heterocycles. The number of carbonyl (C=O) groups excluding carboxylic acids is 1. The first-order valence-corrected chi connectivity index (χ1v) is 4.16. The molecule has 1 aliphatic carbocycles. The van der Waals surface area contributed by atoms with E-state index in [0.29, 0.717) is 5.57 Å². The highest BCUT2D eigenvalue weighted by Gasteiger charge is 2.19. The molecule has 0 fully saturated rings. The van der Waals surface area contributed by atoms with E-state index in [4.69, 9.17) is 16.3 Å². The lowest BCUT2D eigenvalue weighted by Gasteiger charge is -2.18. The van der Waals surface area contributed by atoms with Gasteiger partial charge < -0.3 is 4.74 Å². The van der Waals surface area contributed by atoms with Gasteiger partial charge in [-0.2, -0.15) is 0 Å². The molecule has 66 valence electrons. The van der Waals surface area contributed by atoms with Crippen LogP contribution in [0.25, 0.3) is 0 Å². The highest BCUT2D eigenvalue weighted by molar-refractivity contribution is 6.23. The lowest BCUT2D eigenvalue weighted by atomic mass is 10.0. The molecule has 0 bridgehead atoms. The van der Waals surface area contributed by atoms with Gasteiger partial charge in [0.1, 0.15) is 0 Å². The molecule has 0 heterocycles. The third kappa shape index (κ3) is 1.96. The van der Waals surface area contributed by atoms with Gasteiger partial charge in [-0.1, -0.05) is 18.2 Å². The van der Waals surface area contributed by atoms with Crippen LogP contribution < -0.4 is 0 Å². The average Bonchev–Trinajstić information content (AvgIpc) is 2.04. The monoisotopic (exact) mass is 186 g/mol. The molecule has 0 saturated heterocycles. The van der Waals surface area contributed by atoms with Crippen molar-refractivity contribution >= 4 is 17.4 Å². The van der Waals surface area contributed by atoms with Gasteiger partial charge in [0.2, 0.25) is 0 Å². The Labute approximate surface area is 76.9 Å². The summed E-state index contributed by atoms with van der Waals surface area (Å²) in [7, 11) is 1.59. The molecule has 2 atom stereocenters. The largest absolute Gasteiger partial charge is 0.375 e. The minimum atomic E-state index is -0.237. The van der Waals surface area contributed by atoms with Crippen LogP contribution in [0.2, 0.25) is 0 Å². The molecule has 0 spiro atoms. The number of alkyl halides is 1. The molecule has 2 unspecified atom stereocenters. The fraction of sp³-hybridized carbons (Fsp3) is 0.444. The average molecular weight is 187 g/mol. The van der Waals surface area contributed by atoms with Crippen LogP contribution in [0.5, 0.6) is 0 Å². The molecule has 2 nitrogen and oxygen atoms in total. The number of carbonyl (C=O) groups is 1. The molecule has 1 rings (SSSR count). The minimum absolute atomic E-state index is 0.0338. The van der Waals surface area contributed by atoms with Crippen molar-refractivity contribution in [3.8, 4) is 0 Å². The SMILES string of the molecule is COC1C=CC(C(C)=O)=CC1Cl. The molecule has 0 aromatic rings. The van der Waals surface area contributed by atoms with Gasteiger partial charge in [0.25, 0.3) is 0 Å². The second-order valence-electron chi connectivity index (χ2n) is 2.68. The van der Waals surface area contributed by atoms with E-state index in [9.17, 15) is 4.79 Å². The molecule has 0 aliphatic heterocycles. The summed E-state index contributed by atoms with van der Waals surface area (Å²) in [6.45, 7) is 1.52. The van der Waals surface area contributed by atoms with Gasteiger partial charge in [-0.25, -0.2) is 0 Å². The van der Waals surface area contributed by atoms with Gasteiger partial charge in [-0.15, -0.1) is 11.6 Å². The quantitative estimate of drug-likeness (QED) is 0.614. The van der Waals surface area contributed by atoms with Gasteiger partial charge in [-0.05, 0) is 6.92 Å². The lowest BCUT2D eigenvalue weighted by molar-refractivity contribution is -0.113. The molecule has 0 saturated carbocycles. The summed E-state index contributed by atoms with van der Waals surface area (Å²) in [5.41, 5.74) is 0.656. The highest BCUT2D eigenvalue weighted by Crippen LogP contribution is 2.18. The fourth-order valence-corrected chi connectivity index (χ4v) is 1.39.